The first-order valence-corrected chi connectivity index (χ1v) is 13.4. The van der Waals surface area contributed by atoms with Crippen LogP contribution in [-0.2, 0) is 14.8 Å². The molecular weight excluding hydrogens is 533 g/mol. The number of rotatable bonds is 9. The normalized spacial score (nSPS) is 17.7. The van der Waals surface area contributed by atoms with Crippen LogP contribution in [0.3, 0.4) is 0 Å². The Balaban J connectivity index is 1.54. The van der Waals surface area contributed by atoms with Crippen LogP contribution in [0.5, 0.6) is 11.5 Å². The van der Waals surface area contributed by atoms with Gasteiger partial charge in [0.25, 0.3) is 0 Å². The molecule has 1 fully saturated rings. The van der Waals surface area contributed by atoms with E-state index in [2.05, 4.69) is 24.9 Å². The third-order valence-corrected chi connectivity index (χ3v) is 7.99. The van der Waals surface area contributed by atoms with Crippen LogP contribution < -0.4 is 19.1 Å². The average Bonchev–Trinajstić information content (AvgIpc) is 3.62. The molecule has 4 heterocycles. The van der Waals surface area contributed by atoms with Crippen LogP contribution in [0.4, 0.5) is 16.3 Å². The molecule has 4 aromatic rings. The van der Waals surface area contributed by atoms with Gasteiger partial charge in [0.2, 0.25) is 27.7 Å². The number of nitrogens with one attached hydrogen (secondary N) is 1. The summed E-state index contributed by atoms with van der Waals surface area (Å²) in [6.07, 6.45) is 3.27. The molecule has 1 N–H and O–H groups in total. The number of halogens is 1. The Morgan fingerprint density at radius 2 is 1.74 bits per heavy atom. The van der Waals surface area contributed by atoms with Gasteiger partial charge < -0.3 is 23.5 Å². The standard InChI is InChI=1S/C24H26FN7O6S/c1-35-16-10-17(14-31(13-16)23-26-11-15(25)12-27-23)39(33,34)30-24-29-28-22(20-8-5-9-38-20)32(24)21-18(36-2)6-4-7-19(21)37-3/h4-9,11-12,16-17H,10,13-14H2,1-3H3,(H,29,30)/t16-,17-/m0/s1. The molecular formula is C24H26FN7O6S. The number of sulfonamides is 1. The number of hydrogen-bond donors (Lipinski definition) is 1. The highest BCUT2D eigenvalue weighted by Crippen LogP contribution is 2.38. The molecule has 0 radical (unpaired) electrons. The van der Waals surface area contributed by atoms with Crippen LogP contribution in [0.25, 0.3) is 17.3 Å². The first-order chi connectivity index (χ1) is 18.8. The lowest BCUT2D eigenvalue weighted by molar-refractivity contribution is 0.0898. The molecule has 0 amide bonds. The minimum atomic E-state index is -4.09. The summed E-state index contributed by atoms with van der Waals surface area (Å²) in [7, 11) is 0.375. The monoisotopic (exact) mass is 559 g/mol. The topological polar surface area (TPSA) is 147 Å². The Bertz CT molecular complexity index is 1510. The van der Waals surface area contributed by atoms with Gasteiger partial charge in [0.05, 0.1) is 39.0 Å². The Hall–Kier alpha value is -4.24. The van der Waals surface area contributed by atoms with Crippen LogP contribution in [0.15, 0.2) is 53.4 Å². The van der Waals surface area contributed by atoms with E-state index in [9.17, 15) is 12.8 Å². The van der Waals surface area contributed by atoms with Gasteiger partial charge in [0, 0.05) is 20.2 Å². The number of para-hydroxylation sites is 1. The Labute approximate surface area is 223 Å². The minimum Gasteiger partial charge on any atom is -0.494 e. The summed E-state index contributed by atoms with van der Waals surface area (Å²) in [5, 5.41) is 7.40. The van der Waals surface area contributed by atoms with Gasteiger partial charge in [0.15, 0.2) is 11.6 Å². The minimum absolute atomic E-state index is 0.0397. The van der Waals surface area contributed by atoms with E-state index in [1.54, 1.807) is 35.2 Å². The van der Waals surface area contributed by atoms with Crippen molar-refractivity contribution in [3.63, 3.8) is 0 Å². The molecule has 1 aliphatic rings. The van der Waals surface area contributed by atoms with Gasteiger partial charge in [-0.3, -0.25) is 9.29 Å². The molecule has 206 valence electrons. The molecule has 3 aromatic heterocycles. The number of methoxy groups -OCH3 is 3. The zero-order valence-electron chi connectivity index (χ0n) is 21.3. The summed E-state index contributed by atoms with van der Waals surface area (Å²) in [6.45, 7) is 0.378. The second kappa shape index (κ2) is 10.9. The molecule has 2 atom stereocenters. The molecule has 15 heteroatoms. The summed E-state index contributed by atoms with van der Waals surface area (Å²) in [6, 6.07) is 8.49. The Morgan fingerprint density at radius 1 is 1.03 bits per heavy atom. The maximum absolute atomic E-state index is 13.8. The predicted molar refractivity (Wildman–Crippen MR) is 138 cm³/mol. The summed E-state index contributed by atoms with van der Waals surface area (Å²) in [5.41, 5.74) is 0.372. The highest BCUT2D eigenvalue weighted by Gasteiger charge is 2.38. The predicted octanol–water partition coefficient (Wildman–Crippen LogP) is 2.51. The van der Waals surface area contributed by atoms with E-state index < -0.39 is 27.2 Å². The van der Waals surface area contributed by atoms with Crippen molar-refractivity contribution >= 4 is 21.9 Å². The van der Waals surface area contributed by atoms with Crippen molar-refractivity contribution in [3.8, 4) is 28.8 Å². The second-order valence-electron chi connectivity index (χ2n) is 8.64. The zero-order chi connectivity index (χ0) is 27.6. The molecule has 39 heavy (non-hydrogen) atoms. The van der Waals surface area contributed by atoms with Crippen molar-refractivity contribution in [2.24, 2.45) is 0 Å². The van der Waals surface area contributed by atoms with Crippen molar-refractivity contribution in [2.45, 2.75) is 17.8 Å². The lowest BCUT2D eigenvalue weighted by Crippen LogP contribution is -2.51. The van der Waals surface area contributed by atoms with Gasteiger partial charge in [-0.1, -0.05) is 6.07 Å². The van der Waals surface area contributed by atoms with Crippen molar-refractivity contribution in [2.75, 3.05) is 44.0 Å². The summed E-state index contributed by atoms with van der Waals surface area (Å²) in [4.78, 5) is 9.64. The van der Waals surface area contributed by atoms with Gasteiger partial charge in [-0.25, -0.2) is 22.8 Å². The molecule has 0 aliphatic carbocycles. The van der Waals surface area contributed by atoms with Gasteiger partial charge in [0.1, 0.15) is 22.4 Å². The van der Waals surface area contributed by atoms with Crippen LogP contribution in [-0.4, -0.2) is 78.9 Å². The number of hydrogen-bond acceptors (Lipinski definition) is 11. The van der Waals surface area contributed by atoms with Gasteiger partial charge in [-0.15, -0.1) is 10.2 Å². The first kappa shape index (κ1) is 26.4. The van der Waals surface area contributed by atoms with E-state index in [4.69, 9.17) is 18.6 Å². The third-order valence-electron chi connectivity index (χ3n) is 6.30. The summed E-state index contributed by atoms with van der Waals surface area (Å²) < 4.78 is 67.1. The number of piperidine rings is 1. The number of furan rings is 1. The number of benzene rings is 1. The fourth-order valence-electron chi connectivity index (χ4n) is 4.43. The maximum Gasteiger partial charge on any atom is 0.243 e. The molecule has 13 nitrogen and oxygen atoms in total. The quantitative estimate of drug-likeness (QED) is 0.323. The van der Waals surface area contributed by atoms with Crippen LogP contribution >= 0.6 is 0 Å². The van der Waals surface area contributed by atoms with E-state index in [0.29, 0.717) is 29.5 Å². The number of nitrogens with zero attached hydrogens (tertiary/aromatic N) is 6. The zero-order valence-corrected chi connectivity index (χ0v) is 22.1. The maximum atomic E-state index is 13.8. The highest BCUT2D eigenvalue weighted by molar-refractivity contribution is 7.93. The Kier molecular flexibility index (Phi) is 7.34. The van der Waals surface area contributed by atoms with Crippen molar-refractivity contribution < 1.29 is 31.4 Å². The number of anilines is 2. The van der Waals surface area contributed by atoms with E-state index >= 15 is 0 Å². The van der Waals surface area contributed by atoms with E-state index in [0.717, 1.165) is 12.4 Å². The molecule has 0 spiro atoms. The summed E-state index contributed by atoms with van der Waals surface area (Å²) >= 11 is 0. The lowest BCUT2D eigenvalue weighted by Gasteiger charge is -2.36. The fourth-order valence-corrected chi connectivity index (χ4v) is 5.82. The molecule has 0 unspecified atom stereocenters. The third kappa shape index (κ3) is 5.22. The van der Waals surface area contributed by atoms with Gasteiger partial charge >= 0.3 is 0 Å². The van der Waals surface area contributed by atoms with Gasteiger partial charge in [-0.2, -0.15) is 0 Å². The van der Waals surface area contributed by atoms with Crippen LogP contribution in [0.1, 0.15) is 6.42 Å². The van der Waals surface area contributed by atoms with Crippen molar-refractivity contribution in [1.29, 1.82) is 0 Å². The van der Waals surface area contributed by atoms with E-state index in [-0.39, 0.29) is 30.7 Å². The van der Waals surface area contributed by atoms with E-state index in [1.165, 1.54) is 32.2 Å². The highest BCUT2D eigenvalue weighted by atomic mass is 32.2. The lowest BCUT2D eigenvalue weighted by atomic mass is 10.1. The molecule has 1 aromatic carbocycles. The number of aromatic nitrogens is 5. The SMILES string of the molecule is COc1cccc(OC)c1-n1c(NS(=O)(=O)[C@H]2C[C@H](OC)CN(c3ncc(F)cn3)C2)nnc1-c1ccco1. The average molecular weight is 560 g/mol. The van der Waals surface area contributed by atoms with Gasteiger partial charge in [-0.05, 0) is 30.7 Å². The second-order valence-corrected chi connectivity index (χ2v) is 10.6. The number of ether oxygens (including phenoxy) is 3. The molecule has 5 rings (SSSR count). The summed E-state index contributed by atoms with van der Waals surface area (Å²) in [5.74, 6) is 0.841. The Morgan fingerprint density at radius 3 is 2.36 bits per heavy atom. The van der Waals surface area contributed by atoms with Crippen molar-refractivity contribution in [1.82, 2.24) is 24.7 Å². The first-order valence-electron chi connectivity index (χ1n) is 11.8. The molecule has 1 saturated heterocycles. The fraction of sp³-hybridized carbons (Fsp3) is 0.333. The molecule has 0 saturated carbocycles. The van der Waals surface area contributed by atoms with Crippen LogP contribution in [0.2, 0.25) is 0 Å². The van der Waals surface area contributed by atoms with Crippen LogP contribution in [0, 0.1) is 5.82 Å². The van der Waals surface area contributed by atoms with E-state index in [1.807, 2.05) is 0 Å². The molecule has 0 bridgehead atoms. The largest absolute Gasteiger partial charge is 0.494 e. The van der Waals surface area contributed by atoms with Crippen molar-refractivity contribution in [3.05, 3.63) is 54.8 Å². The molecule has 1 aliphatic heterocycles. The smallest absolute Gasteiger partial charge is 0.243 e.